The highest BCUT2D eigenvalue weighted by Crippen LogP contribution is 2.57. The van der Waals surface area contributed by atoms with E-state index in [0.717, 1.165) is 19.4 Å². The number of carbonyl (C=O) groups is 1. The van der Waals surface area contributed by atoms with E-state index in [1.54, 1.807) is 18.0 Å². The van der Waals surface area contributed by atoms with E-state index in [1.165, 1.54) is 0 Å². The Kier molecular flexibility index (Phi) is 5.02. The number of amides is 1. The van der Waals surface area contributed by atoms with Gasteiger partial charge in [-0.25, -0.2) is 0 Å². The minimum atomic E-state index is -0.878. The number of para-hydroxylation sites is 1. The third kappa shape index (κ3) is 2.92. The second-order valence-corrected chi connectivity index (χ2v) is 8.04. The second-order valence-electron chi connectivity index (χ2n) is 7.64. The van der Waals surface area contributed by atoms with Gasteiger partial charge in [-0.05, 0) is 25.0 Å². The van der Waals surface area contributed by atoms with Crippen LogP contribution in [0.4, 0.5) is 0 Å². The SMILES string of the molecule is CN(CCOc1ccccc1Cl)C(=O)C1(N)C2CCCOC2C1(C)C. The van der Waals surface area contributed by atoms with Crippen LogP contribution in [0.25, 0.3) is 0 Å². The minimum absolute atomic E-state index is 0.0352. The van der Waals surface area contributed by atoms with Crippen LogP contribution in [0.1, 0.15) is 26.7 Å². The van der Waals surface area contributed by atoms with E-state index < -0.39 is 5.54 Å². The summed E-state index contributed by atoms with van der Waals surface area (Å²) in [6, 6.07) is 7.31. The number of benzene rings is 1. The van der Waals surface area contributed by atoms with Gasteiger partial charge in [0.25, 0.3) is 0 Å². The van der Waals surface area contributed by atoms with Crippen LogP contribution in [0, 0.1) is 11.3 Å². The van der Waals surface area contributed by atoms with Crippen molar-refractivity contribution in [3.63, 3.8) is 0 Å². The Morgan fingerprint density at radius 2 is 2.16 bits per heavy atom. The average Bonchev–Trinajstić information content (AvgIpc) is 2.61. The smallest absolute Gasteiger partial charge is 0.243 e. The third-order valence-electron chi connectivity index (χ3n) is 5.91. The lowest BCUT2D eigenvalue weighted by atomic mass is 9.46. The molecule has 138 valence electrons. The molecule has 0 bridgehead atoms. The van der Waals surface area contributed by atoms with E-state index in [0.29, 0.717) is 23.9 Å². The van der Waals surface area contributed by atoms with Crippen LogP contribution in [0.15, 0.2) is 24.3 Å². The maximum absolute atomic E-state index is 13.1. The molecule has 1 aromatic carbocycles. The van der Waals surface area contributed by atoms with Gasteiger partial charge in [0.1, 0.15) is 17.9 Å². The van der Waals surface area contributed by atoms with E-state index in [2.05, 4.69) is 0 Å². The summed E-state index contributed by atoms with van der Waals surface area (Å²) in [6.45, 7) is 5.65. The number of ether oxygens (including phenoxy) is 2. The Hall–Kier alpha value is -1.30. The van der Waals surface area contributed by atoms with E-state index in [9.17, 15) is 4.79 Å². The fraction of sp³-hybridized carbons (Fsp3) is 0.632. The molecule has 1 saturated heterocycles. The first kappa shape index (κ1) is 18.5. The fourth-order valence-corrected chi connectivity index (χ4v) is 4.47. The molecule has 0 spiro atoms. The monoisotopic (exact) mass is 366 g/mol. The molecule has 1 heterocycles. The zero-order chi connectivity index (χ0) is 18.2. The Balaban J connectivity index is 1.61. The fourth-order valence-electron chi connectivity index (χ4n) is 4.28. The number of carbonyl (C=O) groups excluding carboxylic acids is 1. The van der Waals surface area contributed by atoms with E-state index in [4.69, 9.17) is 26.8 Å². The topological polar surface area (TPSA) is 64.8 Å². The summed E-state index contributed by atoms with van der Waals surface area (Å²) < 4.78 is 11.6. The predicted molar refractivity (Wildman–Crippen MR) is 97.7 cm³/mol. The summed E-state index contributed by atoms with van der Waals surface area (Å²) in [5, 5.41) is 0.564. The summed E-state index contributed by atoms with van der Waals surface area (Å²) in [7, 11) is 1.78. The largest absolute Gasteiger partial charge is 0.490 e. The molecule has 1 saturated carbocycles. The lowest BCUT2D eigenvalue weighted by Crippen LogP contribution is -2.82. The number of fused-ring (bicyclic) bond motifs is 1. The van der Waals surface area contributed by atoms with Crippen LogP contribution in [-0.2, 0) is 9.53 Å². The number of rotatable bonds is 5. The first-order valence-corrected chi connectivity index (χ1v) is 9.21. The summed E-state index contributed by atoms with van der Waals surface area (Å²) >= 11 is 6.08. The number of hydrogen-bond acceptors (Lipinski definition) is 4. The molecule has 3 unspecified atom stereocenters. The van der Waals surface area contributed by atoms with Gasteiger partial charge in [0.2, 0.25) is 5.91 Å². The molecule has 1 aliphatic carbocycles. The maximum atomic E-state index is 13.1. The lowest BCUT2D eigenvalue weighted by Gasteiger charge is -2.65. The van der Waals surface area contributed by atoms with Crippen LogP contribution in [0.2, 0.25) is 5.02 Å². The van der Waals surface area contributed by atoms with Crippen molar-refractivity contribution in [2.45, 2.75) is 38.3 Å². The quantitative estimate of drug-likeness (QED) is 0.870. The van der Waals surface area contributed by atoms with Crippen molar-refractivity contribution in [3.05, 3.63) is 29.3 Å². The summed E-state index contributed by atoms with van der Waals surface area (Å²) in [4.78, 5) is 14.8. The molecule has 6 heteroatoms. The Bertz CT molecular complexity index is 651. The number of nitrogens with zero attached hydrogens (tertiary/aromatic N) is 1. The van der Waals surface area contributed by atoms with Crippen LogP contribution in [-0.4, -0.2) is 49.3 Å². The molecule has 25 heavy (non-hydrogen) atoms. The van der Waals surface area contributed by atoms with Crippen molar-refractivity contribution < 1.29 is 14.3 Å². The Morgan fingerprint density at radius 3 is 2.88 bits per heavy atom. The average molecular weight is 367 g/mol. The molecule has 1 amide bonds. The van der Waals surface area contributed by atoms with Gasteiger partial charge in [-0.1, -0.05) is 37.6 Å². The molecular weight excluding hydrogens is 340 g/mol. The van der Waals surface area contributed by atoms with Crippen LogP contribution in [0.3, 0.4) is 0 Å². The molecule has 1 aliphatic heterocycles. The second kappa shape index (κ2) is 6.78. The van der Waals surface area contributed by atoms with Gasteiger partial charge in [-0.3, -0.25) is 4.79 Å². The van der Waals surface area contributed by atoms with Crippen molar-refractivity contribution >= 4 is 17.5 Å². The zero-order valence-electron chi connectivity index (χ0n) is 15.1. The Labute approximate surface area is 154 Å². The molecule has 3 atom stereocenters. The third-order valence-corrected chi connectivity index (χ3v) is 6.22. The van der Waals surface area contributed by atoms with Crippen molar-refractivity contribution in [3.8, 4) is 5.75 Å². The minimum Gasteiger partial charge on any atom is -0.490 e. The van der Waals surface area contributed by atoms with Gasteiger partial charge >= 0.3 is 0 Å². The first-order chi connectivity index (χ1) is 11.8. The lowest BCUT2D eigenvalue weighted by molar-refractivity contribution is -0.229. The van der Waals surface area contributed by atoms with Gasteiger partial charge in [0.15, 0.2) is 0 Å². The maximum Gasteiger partial charge on any atom is 0.243 e. The van der Waals surface area contributed by atoms with Crippen molar-refractivity contribution in [1.29, 1.82) is 0 Å². The highest BCUT2D eigenvalue weighted by Gasteiger charge is 2.70. The van der Waals surface area contributed by atoms with Crippen LogP contribution < -0.4 is 10.5 Å². The van der Waals surface area contributed by atoms with E-state index >= 15 is 0 Å². The molecule has 0 radical (unpaired) electrons. The summed E-state index contributed by atoms with van der Waals surface area (Å²) in [5.74, 6) is 0.680. The van der Waals surface area contributed by atoms with Crippen LogP contribution in [0.5, 0.6) is 5.75 Å². The number of hydrogen-bond donors (Lipinski definition) is 1. The zero-order valence-corrected chi connectivity index (χ0v) is 15.9. The van der Waals surface area contributed by atoms with Gasteiger partial charge in [-0.15, -0.1) is 0 Å². The van der Waals surface area contributed by atoms with E-state index in [1.807, 2.05) is 32.0 Å². The molecule has 1 aromatic rings. The molecular formula is C19H27ClN2O3. The van der Waals surface area contributed by atoms with Gasteiger partial charge in [0.05, 0.1) is 17.7 Å². The highest BCUT2D eigenvalue weighted by atomic mass is 35.5. The number of nitrogens with two attached hydrogens (primary N) is 1. The van der Waals surface area contributed by atoms with Gasteiger partial charge in [0, 0.05) is 25.0 Å². The normalized spacial score (nSPS) is 30.1. The highest BCUT2D eigenvalue weighted by molar-refractivity contribution is 6.32. The summed E-state index contributed by atoms with van der Waals surface area (Å²) in [5.41, 5.74) is 5.41. The van der Waals surface area contributed by atoms with Crippen molar-refractivity contribution in [1.82, 2.24) is 4.90 Å². The first-order valence-electron chi connectivity index (χ1n) is 8.83. The number of likely N-dealkylation sites (N-methyl/N-ethyl adjacent to an activating group) is 1. The van der Waals surface area contributed by atoms with Crippen molar-refractivity contribution in [2.24, 2.45) is 17.1 Å². The molecule has 2 N–H and O–H groups in total. The number of halogens is 1. The predicted octanol–water partition coefficient (Wildman–Crippen LogP) is 2.71. The van der Waals surface area contributed by atoms with Crippen molar-refractivity contribution in [2.75, 3.05) is 26.8 Å². The standard InChI is InChI=1S/C19H27ClN2O3/c1-18(2)16-13(7-6-11-25-16)19(18,21)17(23)22(3)10-12-24-15-9-5-4-8-14(15)20/h4-5,8-9,13,16H,6-7,10-12,21H2,1-3H3. The molecule has 2 aliphatic rings. The molecule has 3 rings (SSSR count). The van der Waals surface area contributed by atoms with Gasteiger partial charge in [-0.2, -0.15) is 0 Å². The van der Waals surface area contributed by atoms with Crippen LogP contribution >= 0.6 is 11.6 Å². The Morgan fingerprint density at radius 1 is 1.44 bits per heavy atom. The molecule has 2 fully saturated rings. The van der Waals surface area contributed by atoms with Gasteiger partial charge < -0.3 is 20.1 Å². The molecule has 5 nitrogen and oxygen atoms in total. The summed E-state index contributed by atoms with van der Waals surface area (Å²) in [6.07, 6.45) is 1.98. The molecule has 0 aromatic heterocycles. The van der Waals surface area contributed by atoms with E-state index in [-0.39, 0.29) is 23.3 Å².